The number of rotatable bonds is 5. The van der Waals surface area contributed by atoms with E-state index in [0.717, 1.165) is 6.07 Å². The second-order valence-corrected chi connectivity index (χ2v) is 8.51. The van der Waals surface area contributed by atoms with E-state index in [4.69, 9.17) is 9.11 Å². The number of alkyl halides is 8. The normalized spacial score (nSPS) is 13.4. The summed E-state index contributed by atoms with van der Waals surface area (Å²) in [4.78, 5) is -1.66. The molecule has 0 saturated heterocycles. The van der Waals surface area contributed by atoms with Crippen LogP contribution >= 0.6 is 0 Å². The van der Waals surface area contributed by atoms with Crippen LogP contribution in [0, 0.1) is 6.92 Å². The summed E-state index contributed by atoms with van der Waals surface area (Å²) in [5.41, 5.74) is 0. The van der Waals surface area contributed by atoms with E-state index in [2.05, 4.69) is 0 Å². The van der Waals surface area contributed by atoms with Crippen molar-refractivity contribution >= 4 is 31.0 Å². The molecule has 0 saturated carbocycles. The Morgan fingerprint density at radius 3 is 1.62 bits per heavy atom. The minimum atomic E-state index is -6.17. The van der Waals surface area contributed by atoms with E-state index in [9.17, 15) is 52.0 Å². The third-order valence-electron chi connectivity index (χ3n) is 3.53. The van der Waals surface area contributed by atoms with Crippen LogP contribution in [0.4, 0.5) is 35.1 Å². The predicted octanol–water partition coefficient (Wildman–Crippen LogP) is 1.33. The summed E-state index contributed by atoms with van der Waals surface area (Å²) in [6.07, 6.45) is -4.88. The van der Waals surface area contributed by atoms with Gasteiger partial charge in [-0.1, -0.05) is 30.3 Å². The van der Waals surface area contributed by atoms with Crippen molar-refractivity contribution in [1.82, 2.24) is 0 Å². The maximum atomic E-state index is 11.9. The van der Waals surface area contributed by atoms with Gasteiger partial charge in [0.1, 0.15) is 9.79 Å². The second-order valence-electron chi connectivity index (χ2n) is 5.77. The van der Waals surface area contributed by atoms with E-state index in [1.54, 1.807) is 12.1 Å². The summed E-state index contributed by atoms with van der Waals surface area (Å²) >= 11 is 0. The fraction of sp³-hybridized carbons (Fsp3) is 0.267. The molecule has 0 amide bonds. The summed E-state index contributed by atoms with van der Waals surface area (Å²) in [7, 11) is -9.53. The molecule has 0 aliphatic heterocycles. The van der Waals surface area contributed by atoms with Gasteiger partial charge in [0, 0.05) is 5.39 Å². The van der Waals surface area contributed by atoms with E-state index in [0.29, 0.717) is 5.39 Å². The van der Waals surface area contributed by atoms with Gasteiger partial charge in [0.05, 0.1) is 0 Å². The molecule has 0 aromatic heterocycles. The number of fused-ring (bicyclic) bond motifs is 1. The molecule has 0 unspecified atom stereocenters. The number of hydrogen-bond acceptors (Lipinski definition) is 4. The van der Waals surface area contributed by atoms with Crippen LogP contribution in [0.3, 0.4) is 0 Å². The predicted molar refractivity (Wildman–Crippen MR) is 89.8 cm³/mol. The Morgan fingerprint density at radius 1 is 0.812 bits per heavy atom. The number of benzene rings is 2. The Hall–Kier alpha value is -0.404. The topological polar surface area (TPSA) is 109 Å². The van der Waals surface area contributed by atoms with Crippen LogP contribution in [0.1, 0.15) is 0 Å². The number of halogens is 8. The number of hydrogen-bond donors (Lipinski definition) is 2. The van der Waals surface area contributed by atoms with Crippen molar-refractivity contribution in [3.05, 3.63) is 43.3 Å². The third-order valence-corrected chi connectivity index (χ3v) is 5.51. The molecule has 17 heteroatoms. The zero-order chi connectivity index (χ0) is 24.6. The fourth-order valence-electron chi connectivity index (χ4n) is 2.07. The van der Waals surface area contributed by atoms with Crippen molar-refractivity contribution < 1.29 is 112 Å². The van der Waals surface area contributed by atoms with Crippen molar-refractivity contribution in [3.8, 4) is 0 Å². The molecule has 0 spiro atoms. The molecule has 0 bridgehead atoms. The molecule has 0 fully saturated rings. The molecule has 2 aromatic carbocycles. The van der Waals surface area contributed by atoms with Crippen LogP contribution in [0.25, 0.3) is 10.8 Å². The maximum absolute atomic E-state index is 11.9. The fourth-order valence-corrected chi connectivity index (χ4v) is 4.08. The molecular formula is C15H11F8KO6S2. The zero-order valence-electron chi connectivity index (χ0n) is 15.6. The van der Waals surface area contributed by atoms with Crippen LogP contribution in [-0.2, 0) is 20.2 Å². The minimum Gasteiger partial charge on any atom is -0.282 e. The zero-order valence-corrected chi connectivity index (χ0v) is 20.4. The largest absolute Gasteiger partial charge is 1.00 e. The molecule has 2 rings (SSSR count). The Bertz CT molecular complexity index is 1160. The van der Waals surface area contributed by atoms with Crippen molar-refractivity contribution in [2.75, 3.05) is 0 Å². The minimum absolute atomic E-state index is 0. The van der Waals surface area contributed by atoms with Gasteiger partial charge in [0.15, 0.2) is 5.92 Å². The summed E-state index contributed by atoms with van der Waals surface area (Å²) in [6.45, 7) is 1.39. The summed E-state index contributed by atoms with van der Waals surface area (Å²) in [5, 5.41) is 0.452. The first-order chi connectivity index (χ1) is 13.7. The molecule has 0 radical (unpaired) electrons. The van der Waals surface area contributed by atoms with E-state index in [-0.39, 0.29) is 56.8 Å². The van der Waals surface area contributed by atoms with E-state index < -0.39 is 54.2 Å². The van der Waals surface area contributed by atoms with Gasteiger partial charge in [-0.15, -0.1) is 0 Å². The van der Waals surface area contributed by atoms with Gasteiger partial charge < -0.3 is 0 Å². The van der Waals surface area contributed by atoms with Gasteiger partial charge in [-0.05, 0) is 11.5 Å². The van der Waals surface area contributed by atoms with Crippen LogP contribution in [-0.4, -0.2) is 50.1 Å². The average molecular weight is 542 g/mol. The molecular weight excluding hydrogens is 531 g/mol. The van der Waals surface area contributed by atoms with E-state index in [1.165, 1.54) is 25.1 Å². The van der Waals surface area contributed by atoms with Crippen molar-refractivity contribution in [2.45, 2.75) is 34.0 Å². The van der Waals surface area contributed by atoms with E-state index >= 15 is 0 Å². The Balaban J connectivity index is 0.000000617. The van der Waals surface area contributed by atoms with Crippen LogP contribution in [0.15, 0.2) is 46.2 Å². The first-order valence-electron chi connectivity index (χ1n) is 7.39. The molecule has 176 valence electrons. The van der Waals surface area contributed by atoms with Gasteiger partial charge in [0.2, 0.25) is 0 Å². The standard InChI is InChI=1S/C10H8O6S2.C5H3F8.K/c11-17(12,13)9-6-5-7-3-1-2-4-8(7)10(9)18(14,15)16;1-3(8,9)5(12,13)4(10,11)2(6)7;/h1-6H,(H,11,12,13)(H,14,15,16);2H,1H2;/q;-1;+1. The molecule has 6 nitrogen and oxygen atoms in total. The monoisotopic (exact) mass is 542 g/mol. The maximum Gasteiger partial charge on any atom is 1.00 e. The van der Waals surface area contributed by atoms with Crippen LogP contribution < -0.4 is 51.4 Å². The Labute approximate surface area is 218 Å². The molecule has 0 aliphatic carbocycles. The van der Waals surface area contributed by atoms with Gasteiger partial charge >= 0.3 is 69.7 Å². The van der Waals surface area contributed by atoms with Gasteiger partial charge in [0.25, 0.3) is 20.2 Å². The van der Waals surface area contributed by atoms with Crippen molar-refractivity contribution in [1.29, 1.82) is 0 Å². The first-order valence-corrected chi connectivity index (χ1v) is 10.3. The summed E-state index contributed by atoms with van der Waals surface area (Å²) in [6, 6.07) is 8.28. The second kappa shape index (κ2) is 10.5. The summed E-state index contributed by atoms with van der Waals surface area (Å²) in [5.74, 6) is -17.7. The molecule has 0 aliphatic rings. The molecule has 2 N–H and O–H groups in total. The average Bonchev–Trinajstić information content (AvgIpc) is 2.58. The SMILES string of the molecule is O=S(=O)(O)c1ccc2ccccc2c1S(=O)(=O)O.[CH2-]C(F)(F)C(F)(F)C(F)(F)C(F)F.[K+]. The molecule has 32 heavy (non-hydrogen) atoms. The van der Waals surface area contributed by atoms with Crippen molar-refractivity contribution in [3.63, 3.8) is 0 Å². The Kier molecular flexibility index (Phi) is 10.3. The van der Waals surface area contributed by atoms with E-state index in [1.807, 2.05) is 0 Å². The van der Waals surface area contributed by atoms with Crippen molar-refractivity contribution in [2.24, 2.45) is 0 Å². The molecule has 0 heterocycles. The van der Waals surface area contributed by atoms with Gasteiger partial charge in [-0.25, -0.2) is 17.6 Å². The van der Waals surface area contributed by atoms with Gasteiger partial charge in [-0.3, -0.25) is 16.0 Å². The smallest absolute Gasteiger partial charge is 0.282 e. The van der Waals surface area contributed by atoms with Crippen LogP contribution in [0.5, 0.6) is 0 Å². The third kappa shape index (κ3) is 6.81. The first kappa shape index (κ1) is 31.6. The van der Waals surface area contributed by atoms with Crippen LogP contribution in [0.2, 0.25) is 0 Å². The molecule has 2 aromatic rings. The Morgan fingerprint density at radius 2 is 1.28 bits per heavy atom. The molecule has 0 atom stereocenters. The quantitative estimate of drug-likeness (QED) is 0.256. The van der Waals surface area contributed by atoms with Gasteiger partial charge in [-0.2, -0.15) is 34.4 Å². The summed E-state index contributed by atoms with van der Waals surface area (Å²) < 4.78 is 156.